The smallest absolute Gasteiger partial charge is 0.252 e. The van der Waals surface area contributed by atoms with E-state index >= 15 is 0 Å². The molecular formula is C16H13Br2NO3. The van der Waals surface area contributed by atoms with E-state index in [2.05, 4.69) is 37.2 Å². The third-order valence-corrected chi connectivity index (χ3v) is 4.46. The molecule has 6 heteroatoms. The van der Waals surface area contributed by atoms with E-state index in [1.807, 2.05) is 30.3 Å². The summed E-state index contributed by atoms with van der Waals surface area (Å²) in [5, 5.41) is 2.92. The monoisotopic (exact) mass is 425 g/mol. The van der Waals surface area contributed by atoms with E-state index in [0.717, 1.165) is 25.8 Å². The lowest BCUT2D eigenvalue weighted by Crippen LogP contribution is -2.24. The standard InChI is InChI=1S/C16H13Br2NO3/c17-12-5-10(15-11(6-12)8-21-9-22-15)7-19-16(20)13-3-1-2-4-14(13)18/h1-6H,7-9H2,(H,19,20). The number of ether oxygens (including phenoxy) is 2. The Morgan fingerprint density at radius 1 is 1.23 bits per heavy atom. The van der Waals surface area contributed by atoms with Crippen molar-refractivity contribution in [1.29, 1.82) is 0 Å². The molecule has 114 valence electrons. The average Bonchev–Trinajstić information content (AvgIpc) is 2.52. The predicted molar refractivity (Wildman–Crippen MR) is 89.7 cm³/mol. The summed E-state index contributed by atoms with van der Waals surface area (Å²) in [6.07, 6.45) is 0. The Hall–Kier alpha value is -1.37. The SMILES string of the molecule is O=C(NCc1cc(Br)cc2c1OCOC2)c1ccccc1Br. The summed E-state index contributed by atoms with van der Waals surface area (Å²) in [5.41, 5.74) is 2.51. The fourth-order valence-electron chi connectivity index (χ4n) is 2.30. The summed E-state index contributed by atoms with van der Waals surface area (Å²) >= 11 is 6.86. The molecule has 1 heterocycles. The van der Waals surface area contributed by atoms with Gasteiger partial charge in [-0.3, -0.25) is 4.79 Å². The highest BCUT2D eigenvalue weighted by atomic mass is 79.9. The first-order valence-corrected chi connectivity index (χ1v) is 8.28. The summed E-state index contributed by atoms with van der Waals surface area (Å²) in [4.78, 5) is 12.3. The Labute approximate surface area is 145 Å². The number of hydrogen-bond acceptors (Lipinski definition) is 3. The van der Waals surface area contributed by atoms with Crippen molar-refractivity contribution in [3.05, 3.63) is 62.0 Å². The maximum absolute atomic E-state index is 12.3. The van der Waals surface area contributed by atoms with Crippen LogP contribution >= 0.6 is 31.9 Å². The van der Waals surface area contributed by atoms with Crippen molar-refractivity contribution in [3.63, 3.8) is 0 Å². The molecule has 1 N–H and O–H groups in total. The molecule has 2 aromatic rings. The molecule has 0 atom stereocenters. The van der Waals surface area contributed by atoms with Gasteiger partial charge in [-0.05, 0) is 40.2 Å². The van der Waals surface area contributed by atoms with Gasteiger partial charge in [0.2, 0.25) is 0 Å². The second kappa shape index (κ2) is 6.81. The average molecular weight is 427 g/mol. The van der Waals surface area contributed by atoms with E-state index in [4.69, 9.17) is 9.47 Å². The third kappa shape index (κ3) is 3.34. The summed E-state index contributed by atoms with van der Waals surface area (Å²) in [7, 11) is 0. The van der Waals surface area contributed by atoms with Gasteiger partial charge in [-0.25, -0.2) is 0 Å². The number of rotatable bonds is 3. The molecule has 4 nitrogen and oxygen atoms in total. The largest absolute Gasteiger partial charge is 0.467 e. The molecule has 0 saturated carbocycles. The van der Waals surface area contributed by atoms with Gasteiger partial charge in [-0.1, -0.05) is 28.1 Å². The molecule has 0 unspecified atom stereocenters. The van der Waals surface area contributed by atoms with Gasteiger partial charge in [-0.15, -0.1) is 0 Å². The zero-order valence-corrected chi connectivity index (χ0v) is 14.7. The van der Waals surface area contributed by atoms with Gasteiger partial charge in [0.15, 0.2) is 6.79 Å². The Kier molecular flexibility index (Phi) is 4.81. The molecule has 0 bridgehead atoms. The first kappa shape index (κ1) is 15.5. The summed E-state index contributed by atoms with van der Waals surface area (Å²) in [5.74, 6) is 0.662. The zero-order valence-electron chi connectivity index (χ0n) is 11.6. The van der Waals surface area contributed by atoms with Gasteiger partial charge in [0.25, 0.3) is 5.91 Å². The minimum atomic E-state index is -0.131. The van der Waals surface area contributed by atoms with Crippen molar-refractivity contribution in [2.45, 2.75) is 13.2 Å². The minimum Gasteiger partial charge on any atom is -0.467 e. The van der Waals surface area contributed by atoms with Crippen molar-refractivity contribution < 1.29 is 14.3 Å². The highest BCUT2D eigenvalue weighted by molar-refractivity contribution is 9.10. The molecule has 0 aliphatic carbocycles. The Balaban J connectivity index is 1.78. The van der Waals surface area contributed by atoms with Crippen LogP contribution in [0.2, 0.25) is 0 Å². The quantitative estimate of drug-likeness (QED) is 0.806. The Bertz CT molecular complexity index is 719. The normalized spacial score (nSPS) is 13.2. The minimum absolute atomic E-state index is 0.131. The molecule has 0 fully saturated rings. The number of nitrogens with one attached hydrogen (secondary N) is 1. The Morgan fingerprint density at radius 3 is 2.86 bits per heavy atom. The number of fused-ring (bicyclic) bond motifs is 1. The van der Waals surface area contributed by atoms with Crippen molar-refractivity contribution in [1.82, 2.24) is 5.32 Å². The molecule has 0 aromatic heterocycles. The fraction of sp³-hybridized carbons (Fsp3) is 0.188. The molecule has 22 heavy (non-hydrogen) atoms. The van der Waals surface area contributed by atoms with Crippen molar-refractivity contribution in [2.75, 3.05) is 6.79 Å². The van der Waals surface area contributed by atoms with Gasteiger partial charge < -0.3 is 14.8 Å². The lowest BCUT2D eigenvalue weighted by Gasteiger charge is -2.21. The molecule has 0 radical (unpaired) electrons. The van der Waals surface area contributed by atoms with Crippen LogP contribution in [0, 0.1) is 0 Å². The lowest BCUT2D eigenvalue weighted by molar-refractivity contribution is -0.0171. The predicted octanol–water partition coefficient (Wildman–Crippen LogP) is 4.01. The van der Waals surface area contributed by atoms with Crippen LogP contribution in [0.15, 0.2) is 45.3 Å². The number of benzene rings is 2. The van der Waals surface area contributed by atoms with Crippen LogP contribution in [0.3, 0.4) is 0 Å². The summed E-state index contributed by atoms with van der Waals surface area (Å²) < 4.78 is 12.6. The first-order chi connectivity index (χ1) is 10.6. The van der Waals surface area contributed by atoms with Gasteiger partial charge in [-0.2, -0.15) is 0 Å². The van der Waals surface area contributed by atoms with Gasteiger partial charge in [0.1, 0.15) is 5.75 Å². The highest BCUT2D eigenvalue weighted by Gasteiger charge is 2.17. The lowest BCUT2D eigenvalue weighted by atomic mass is 10.1. The molecule has 1 amide bonds. The highest BCUT2D eigenvalue weighted by Crippen LogP contribution is 2.31. The van der Waals surface area contributed by atoms with Crippen molar-refractivity contribution in [2.24, 2.45) is 0 Å². The Morgan fingerprint density at radius 2 is 2.05 bits per heavy atom. The van der Waals surface area contributed by atoms with Gasteiger partial charge in [0, 0.05) is 26.6 Å². The number of amides is 1. The molecule has 0 spiro atoms. The van der Waals surface area contributed by atoms with Crippen LogP contribution in [0.5, 0.6) is 5.75 Å². The van der Waals surface area contributed by atoms with E-state index in [-0.39, 0.29) is 12.7 Å². The molecule has 0 saturated heterocycles. The zero-order chi connectivity index (χ0) is 15.5. The number of carbonyl (C=O) groups excluding carboxylic acids is 1. The topological polar surface area (TPSA) is 47.6 Å². The van der Waals surface area contributed by atoms with Crippen LogP contribution in [0.25, 0.3) is 0 Å². The van der Waals surface area contributed by atoms with E-state index in [1.54, 1.807) is 6.07 Å². The second-order valence-electron chi connectivity index (χ2n) is 4.83. The van der Waals surface area contributed by atoms with Gasteiger partial charge in [0.05, 0.1) is 12.2 Å². The number of carbonyl (C=O) groups is 1. The fourth-order valence-corrected chi connectivity index (χ4v) is 3.32. The first-order valence-electron chi connectivity index (χ1n) is 6.69. The van der Waals surface area contributed by atoms with Crippen molar-refractivity contribution >= 4 is 37.8 Å². The van der Waals surface area contributed by atoms with Crippen LogP contribution < -0.4 is 10.1 Å². The van der Waals surface area contributed by atoms with E-state index in [0.29, 0.717) is 18.7 Å². The molecular weight excluding hydrogens is 414 g/mol. The van der Waals surface area contributed by atoms with Crippen LogP contribution in [0.1, 0.15) is 21.5 Å². The molecule has 3 rings (SSSR count). The van der Waals surface area contributed by atoms with Crippen LogP contribution in [-0.2, 0) is 17.9 Å². The number of hydrogen-bond donors (Lipinski definition) is 1. The maximum Gasteiger partial charge on any atom is 0.252 e. The van der Waals surface area contributed by atoms with E-state index < -0.39 is 0 Å². The molecule has 2 aromatic carbocycles. The second-order valence-corrected chi connectivity index (χ2v) is 6.60. The molecule has 1 aliphatic heterocycles. The number of halogens is 2. The van der Waals surface area contributed by atoms with Crippen LogP contribution in [-0.4, -0.2) is 12.7 Å². The summed E-state index contributed by atoms with van der Waals surface area (Å²) in [6.45, 7) is 1.14. The summed E-state index contributed by atoms with van der Waals surface area (Å²) in [6, 6.07) is 11.2. The van der Waals surface area contributed by atoms with Crippen LogP contribution in [0.4, 0.5) is 0 Å². The van der Waals surface area contributed by atoms with Crippen molar-refractivity contribution in [3.8, 4) is 5.75 Å². The molecule has 1 aliphatic rings. The van der Waals surface area contributed by atoms with Gasteiger partial charge >= 0.3 is 0 Å². The van der Waals surface area contributed by atoms with E-state index in [1.165, 1.54) is 0 Å². The van der Waals surface area contributed by atoms with E-state index in [9.17, 15) is 4.79 Å². The third-order valence-electron chi connectivity index (χ3n) is 3.31. The maximum atomic E-state index is 12.3.